The third-order valence-electron chi connectivity index (χ3n) is 5.96. The lowest BCUT2D eigenvalue weighted by molar-refractivity contribution is -0.157. The van der Waals surface area contributed by atoms with Crippen molar-refractivity contribution in [3.05, 3.63) is 106 Å². The number of esters is 2. The summed E-state index contributed by atoms with van der Waals surface area (Å²) in [7, 11) is 1.54. The number of hydrogen-bond acceptors (Lipinski definition) is 6. The van der Waals surface area contributed by atoms with Gasteiger partial charge in [0.2, 0.25) is 0 Å². The molecule has 0 atom stereocenters. The summed E-state index contributed by atoms with van der Waals surface area (Å²) in [4.78, 5) is 38.1. The lowest BCUT2D eigenvalue weighted by atomic mass is 10.1. The molecule has 0 saturated heterocycles. The van der Waals surface area contributed by atoms with Gasteiger partial charge in [-0.2, -0.15) is 0 Å². The first-order valence-electron chi connectivity index (χ1n) is 11.9. The van der Waals surface area contributed by atoms with Crippen LogP contribution in [0.2, 0.25) is 5.02 Å². The summed E-state index contributed by atoms with van der Waals surface area (Å²) >= 11 is 5.98. The topological polar surface area (TPSA) is 83.8 Å². The third kappa shape index (κ3) is 6.30. The molecule has 0 N–H and O–H groups in total. The molecule has 0 unspecified atom stereocenters. The predicted octanol–water partition coefficient (Wildman–Crippen LogP) is 5.64. The molecule has 1 heterocycles. The second-order valence-electron chi connectivity index (χ2n) is 8.43. The number of ether oxygens (including phenoxy) is 3. The van der Waals surface area contributed by atoms with Crippen LogP contribution in [0.3, 0.4) is 0 Å². The minimum absolute atomic E-state index is 0.0600. The molecule has 0 saturated carbocycles. The normalized spacial score (nSPS) is 11.0. The number of hydrogen-bond donors (Lipinski definition) is 0. The Morgan fingerprint density at radius 2 is 1.66 bits per heavy atom. The van der Waals surface area contributed by atoms with Crippen molar-refractivity contribution in [3.63, 3.8) is 0 Å². The molecule has 0 aliphatic carbocycles. The van der Waals surface area contributed by atoms with Crippen LogP contribution in [0, 0.1) is 6.92 Å². The first kappa shape index (κ1) is 26.7. The van der Waals surface area contributed by atoms with Gasteiger partial charge in [-0.3, -0.25) is 14.2 Å². The van der Waals surface area contributed by atoms with Gasteiger partial charge >= 0.3 is 11.9 Å². The molecule has 0 fully saturated rings. The summed E-state index contributed by atoms with van der Waals surface area (Å²) in [6, 6.07) is 21.5. The fourth-order valence-corrected chi connectivity index (χ4v) is 4.19. The number of methoxy groups -OCH3 is 1. The number of nitrogens with zero attached hydrogens (tertiary/aromatic N) is 1. The molecule has 4 rings (SSSR count). The fraction of sp³-hybridized carbons (Fsp3) is 0.167. The van der Waals surface area contributed by atoms with Crippen LogP contribution >= 0.6 is 11.6 Å². The first-order valence-corrected chi connectivity index (χ1v) is 12.3. The minimum Gasteiger partial charge on any atom is -0.497 e. The lowest BCUT2D eigenvalue weighted by Gasteiger charge is -2.08. The summed E-state index contributed by atoms with van der Waals surface area (Å²) in [6.07, 6.45) is 3.40. The Bertz CT molecular complexity index is 1490. The van der Waals surface area contributed by atoms with Crippen molar-refractivity contribution in [2.75, 3.05) is 20.3 Å². The Hall–Kier alpha value is -4.36. The van der Waals surface area contributed by atoms with E-state index < -0.39 is 18.5 Å². The van der Waals surface area contributed by atoms with Crippen LogP contribution in [0.4, 0.5) is 0 Å². The van der Waals surface area contributed by atoms with Gasteiger partial charge in [-0.25, -0.2) is 4.79 Å². The van der Waals surface area contributed by atoms with Gasteiger partial charge in [-0.05, 0) is 66.6 Å². The maximum absolute atomic E-state index is 13.4. The molecule has 8 heteroatoms. The molecule has 0 bridgehead atoms. The van der Waals surface area contributed by atoms with Crippen LogP contribution in [0.25, 0.3) is 17.0 Å². The van der Waals surface area contributed by atoms with Crippen molar-refractivity contribution in [2.45, 2.75) is 13.3 Å². The van der Waals surface area contributed by atoms with Crippen LogP contribution in [-0.4, -0.2) is 42.7 Å². The van der Waals surface area contributed by atoms with E-state index in [0.717, 1.165) is 5.56 Å². The molecule has 3 aromatic carbocycles. The molecule has 194 valence electrons. The smallest absolute Gasteiger partial charge is 0.344 e. The van der Waals surface area contributed by atoms with Gasteiger partial charge in [-0.15, -0.1) is 0 Å². The van der Waals surface area contributed by atoms with Crippen LogP contribution in [0.1, 0.15) is 27.2 Å². The number of halogens is 1. The number of benzene rings is 3. The van der Waals surface area contributed by atoms with Crippen molar-refractivity contribution in [1.82, 2.24) is 4.57 Å². The van der Waals surface area contributed by atoms with Crippen molar-refractivity contribution in [1.29, 1.82) is 0 Å². The molecule has 38 heavy (non-hydrogen) atoms. The third-order valence-corrected chi connectivity index (χ3v) is 6.21. The monoisotopic (exact) mass is 531 g/mol. The molecule has 0 amide bonds. The van der Waals surface area contributed by atoms with Gasteiger partial charge in [0.1, 0.15) is 12.4 Å². The summed E-state index contributed by atoms with van der Waals surface area (Å²) in [6.45, 7) is 1.31. The van der Waals surface area contributed by atoms with Crippen molar-refractivity contribution in [2.24, 2.45) is 0 Å². The van der Waals surface area contributed by atoms with E-state index in [4.69, 9.17) is 25.8 Å². The highest BCUT2D eigenvalue weighted by molar-refractivity contribution is 6.30. The van der Waals surface area contributed by atoms with Gasteiger partial charge < -0.3 is 14.2 Å². The van der Waals surface area contributed by atoms with E-state index in [9.17, 15) is 14.4 Å². The molecule has 0 aliphatic heterocycles. The summed E-state index contributed by atoms with van der Waals surface area (Å²) in [5.74, 6) is -0.961. The number of fused-ring (bicyclic) bond motifs is 1. The van der Waals surface area contributed by atoms with E-state index in [1.54, 1.807) is 67.1 Å². The van der Waals surface area contributed by atoms with E-state index in [1.165, 1.54) is 0 Å². The zero-order valence-electron chi connectivity index (χ0n) is 21.0. The van der Waals surface area contributed by atoms with Gasteiger partial charge in [-0.1, -0.05) is 48.0 Å². The van der Waals surface area contributed by atoms with Crippen molar-refractivity contribution < 1.29 is 28.6 Å². The number of carbonyl (C=O) groups is 3. The van der Waals surface area contributed by atoms with Crippen LogP contribution < -0.4 is 4.74 Å². The molecular weight excluding hydrogens is 506 g/mol. The average Bonchev–Trinajstić information content (AvgIpc) is 3.20. The van der Waals surface area contributed by atoms with Gasteiger partial charge in [0.25, 0.3) is 5.91 Å². The van der Waals surface area contributed by atoms with E-state index in [2.05, 4.69) is 0 Å². The Morgan fingerprint density at radius 3 is 2.37 bits per heavy atom. The van der Waals surface area contributed by atoms with E-state index >= 15 is 0 Å². The van der Waals surface area contributed by atoms with E-state index in [1.807, 2.05) is 36.4 Å². The number of carbonyl (C=O) groups excluding carboxylic acids is 3. The highest BCUT2D eigenvalue weighted by Gasteiger charge is 2.23. The predicted molar refractivity (Wildman–Crippen MR) is 146 cm³/mol. The summed E-state index contributed by atoms with van der Waals surface area (Å²) < 4.78 is 17.2. The zero-order chi connectivity index (χ0) is 27.1. The Kier molecular flexibility index (Phi) is 8.61. The highest BCUT2D eigenvalue weighted by atomic mass is 35.5. The molecule has 7 nitrogen and oxygen atoms in total. The minimum atomic E-state index is -0.658. The number of aromatic nitrogens is 1. The van der Waals surface area contributed by atoms with Gasteiger partial charge in [0, 0.05) is 21.7 Å². The Balaban J connectivity index is 1.46. The Morgan fingerprint density at radius 1 is 0.921 bits per heavy atom. The van der Waals surface area contributed by atoms with Gasteiger partial charge in [0.05, 0.1) is 19.0 Å². The first-order chi connectivity index (χ1) is 18.4. The van der Waals surface area contributed by atoms with Crippen LogP contribution in [0.15, 0.2) is 78.9 Å². The van der Waals surface area contributed by atoms with Crippen molar-refractivity contribution in [3.8, 4) is 5.75 Å². The molecule has 0 radical (unpaired) electrons. The van der Waals surface area contributed by atoms with Gasteiger partial charge in [0.15, 0.2) is 6.61 Å². The van der Waals surface area contributed by atoms with E-state index in [0.29, 0.717) is 38.5 Å². The average molecular weight is 532 g/mol. The summed E-state index contributed by atoms with van der Waals surface area (Å²) in [5.41, 5.74) is 3.24. The number of rotatable bonds is 9. The van der Waals surface area contributed by atoms with Crippen LogP contribution in [-0.2, 0) is 25.5 Å². The second kappa shape index (κ2) is 12.3. The maximum Gasteiger partial charge on any atom is 0.344 e. The zero-order valence-corrected chi connectivity index (χ0v) is 21.7. The standard InChI is InChI=1S/C30H26ClNO6/c1-20-25(18-28(33)38-19-29(34)37-16-6-9-21-7-4-3-5-8-21)26-17-24(36-2)14-15-27(26)32(20)30(35)22-10-12-23(31)13-11-22/h3-15,17H,16,18-19H2,1-2H3. The summed E-state index contributed by atoms with van der Waals surface area (Å²) in [5, 5.41) is 1.20. The molecule has 0 aliphatic rings. The van der Waals surface area contributed by atoms with E-state index in [-0.39, 0.29) is 18.9 Å². The fourth-order valence-electron chi connectivity index (χ4n) is 4.06. The second-order valence-corrected chi connectivity index (χ2v) is 8.86. The van der Waals surface area contributed by atoms with Crippen LogP contribution in [0.5, 0.6) is 5.75 Å². The molecule has 4 aromatic rings. The quantitative estimate of drug-likeness (QED) is 0.260. The SMILES string of the molecule is COc1ccc2c(c1)c(CC(=O)OCC(=O)OCC=Cc1ccccc1)c(C)n2C(=O)c1ccc(Cl)cc1. The lowest BCUT2D eigenvalue weighted by Crippen LogP contribution is -2.18. The molecular formula is C30H26ClNO6. The maximum atomic E-state index is 13.4. The highest BCUT2D eigenvalue weighted by Crippen LogP contribution is 2.31. The van der Waals surface area contributed by atoms with Crippen molar-refractivity contribution >= 4 is 46.4 Å². The molecule has 1 aromatic heterocycles. The largest absolute Gasteiger partial charge is 0.497 e. The molecule has 0 spiro atoms. The Labute approximate surface area is 225 Å².